The summed E-state index contributed by atoms with van der Waals surface area (Å²) < 4.78 is 0.374. The zero-order chi connectivity index (χ0) is 12.9. The standard InChI is InChI=1S/C13H26N2S2/c1-6-13(7-2,16-5)9-15-12-14-8-11(17-12)10(3)4/h10-11H,6-9H2,1-5H3,(H,14,15). The lowest BCUT2D eigenvalue weighted by Gasteiger charge is -2.30. The van der Waals surface area contributed by atoms with Crippen LogP contribution in [0.25, 0.3) is 0 Å². The van der Waals surface area contributed by atoms with Crippen molar-refractivity contribution in [3.8, 4) is 0 Å². The fraction of sp³-hybridized carbons (Fsp3) is 0.923. The van der Waals surface area contributed by atoms with E-state index in [-0.39, 0.29) is 0 Å². The molecular weight excluding hydrogens is 248 g/mol. The molecule has 0 aromatic carbocycles. The first kappa shape index (κ1) is 15.2. The highest BCUT2D eigenvalue weighted by Crippen LogP contribution is 2.31. The van der Waals surface area contributed by atoms with E-state index in [9.17, 15) is 0 Å². The molecule has 1 N–H and O–H groups in total. The topological polar surface area (TPSA) is 24.4 Å². The van der Waals surface area contributed by atoms with Crippen LogP contribution in [-0.2, 0) is 0 Å². The molecule has 1 atom stereocenters. The van der Waals surface area contributed by atoms with Crippen molar-refractivity contribution in [2.45, 2.75) is 50.5 Å². The van der Waals surface area contributed by atoms with Gasteiger partial charge in [-0.15, -0.1) is 0 Å². The minimum atomic E-state index is 0.374. The molecule has 0 aromatic heterocycles. The van der Waals surface area contributed by atoms with Gasteiger partial charge >= 0.3 is 0 Å². The molecule has 0 bridgehead atoms. The van der Waals surface area contributed by atoms with Gasteiger partial charge in [0.05, 0.1) is 6.54 Å². The van der Waals surface area contributed by atoms with Gasteiger partial charge in [-0.25, -0.2) is 0 Å². The lowest BCUT2D eigenvalue weighted by molar-refractivity contribution is 0.538. The molecular formula is C13H26N2S2. The average Bonchev–Trinajstić information content (AvgIpc) is 2.81. The number of nitrogens with zero attached hydrogens (tertiary/aromatic N) is 1. The van der Waals surface area contributed by atoms with Gasteiger partial charge in [-0.3, -0.25) is 4.99 Å². The van der Waals surface area contributed by atoms with Crippen molar-refractivity contribution >= 4 is 28.7 Å². The first-order chi connectivity index (χ1) is 8.06. The third-order valence-corrected chi connectivity index (χ3v) is 6.79. The highest BCUT2D eigenvalue weighted by Gasteiger charge is 2.27. The molecule has 0 aliphatic carbocycles. The van der Waals surface area contributed by atoms with Crippen molar-refractivity contribution in [3.05, 3.63) is 0 Å². The molecule has 1 heterocycles. The maximum Gasteiger partial charge on any atom is 0.156 e. The summed E-state index contributed by atoms with van der Waals surface area (Å²) >= 11 is 3.90. The molecule has 100 valence electrons. The van der Waals surface area contributed by atoms with E-state index in [1.807, 2.05) is 23.5 Å². The lowest BCUT2D eigenvalue weighted by atomic mass is 10.0. The molecule has 0 saturated carbocycles. The Balaban J connectivity index is 2.41. The summed E-state index contributed by atoms with van der Waals surface area (Å²) in [7, 11) is 0. The zero-order valence-corrected chi connectivity index (χ0v) is 13.4. The van der Waals surface area contributed by atoms with E-state index in [0.717, 1.165) is 18.3 Å². The summed E-state index contributed by atoms with van der Waals surface area (Å²) in [5, 5.41) is 5.38. The van der Waals surface area contributed by atoms with E-state index in [1.54, 1.807) is 0 Å². The van der Waals surface area contributed by atoms with Crippen molar-refractivity contribution in [1.29, 1.82) is 0 Å². The Morgan fingerprint density at radius 3 is 2.53 bits per heavy atom. The fourth-order valence-corrected chi connectivity index (χ4v) is 3.74. The molecule has 0 fully saturated rings. The molecule has 0 radical (unpaired) electrons. The number of rotatable bonds is 6. The number of thioether (sulfide) groups is 2. The fourth-order valence-electron chi connectivity index (χ4n) is 1.93. The van der Waals surface area contributed by atoms with Gasteiger partial charge in [0.25, 0.3) is 0 Å². The molecule has 0 aromatic rings. The van der Waals surface area contributed by atoms with Gasteiger partial charge in [0.1, 0.15) is 0 Å². The Bertz CT molecular complexity index is 252. The van der Waals surface area contributed by atoms with Crippen molar-refractivity contribution in [2.75, 3.05) is 19.3 Å². The monoisotopic (exact) mass is 274 g/mol. The number of hydrogen-bond donors (Lipinski definition) is 1. The predicted octanol–water partition coefficient (Wildman–Crippen LogP) is 3.63. The van der Waals surface area contributed by atoms with Crippen LogP contribution in [0.1, 0.15) is 40.5 Å². The van der Waals surface area contributed by atoms with Crippen LogP contribution in [0.2, 0.25) is 0 Å². The molecule has 2 nitrogen and oxygen atoms in total. The van der Waals surface area contributed by atoms with E-state index < -0.39 is 0 Å². The number of aliphatic imine (C=N–C) groups is 1. The second-order valence-electron chi connectivity index (χ2n) is 4.99. The maximum atomic E-state index is 4.60. The van der Waals surface area contributed by atoms with Crippen LogP contribution in [0.4, 0.5) is 0 Å². The summed E-state index contributed by atoms with van der Waals surface area (Å²) in [4.78, 5) is 4.60. The number of hydrogen-bond acceptors (Lipinski definition) is 4. The van der Waals surface area contributed by atoms with E-state index in [0.29, 0.717) is 15.9 Å². The third-order valence-electron chi connectivity index (χ3n) is 3.70. The summed E-state index contributed by atoms with van der Waals surface area (Å²) in [5.41, 5.74) is 0. The molecule has 1 unspecified atom stereocenters. The number of amidine groups is 1. The van der Waals surface area contributed by atoms with E-state index in [1.165, 1.54) is 12.8 Å². The van der Waals surface area contributed by atoms with Gasteiger partial charge in [0.15, 0.2) is 5.17 Å². The highest BCUT2D eigenvalue weighted by molar-refractivity contribution is 8.14. The average molecular weight is 274 g/mol. The minimum Gasteiger partial charge on any atom is -0.364 e. The van der Waals surface area contributed by atoms with Crippen LogP contribution in [0.15, 0.2) is 4.99 Å². The van der Waals surface area contributed by atoms with Gasteiger partial charge in [0, 0.05) is 16.5 Å². The van der Waals surface area contributed by atoms with Gasteiger partial charge in [-0.2, -0.15) is 11.8 Å². The second-order valence-corrected chi connectivity index (χ2v) is 7.50. The van der Waals surface area contributed by atoms with Gasteiger partial charge in [0.2, 0.25) is 0 Å². The Kier molecular flexibility index (Phi) is 6.21. The van der Waals surface area contributed by atoms with Crippen LogP contribution in [0.5, 0.6) is 0 Å². The van der Waals surface area contributed by atoms with Gasteiger partial charge in [-0.1, -0.05) is 39.5 Å². The molecule has 4 heteroatoms. The predicted molar refractivity (Wildman–Crippen MR) is 83.3 cm³/mol. The molecule has 1 rings (SSSR count). The Morgan fingerprint density at radius 2 is 2.12 bits per heavy atom. The van der Waals surface area contributed by atoms with Crippen LogP contribution in [0, 0.1) is 5.92 Å². The van der Waals surface area contributed by atoms with E-state index >= 15 is 0 Å². The summed E-state index contributed by atoms with van der Waals surface area (Å²) in [6.07, 6.45) is 4.64. The molecule has 1 aliphatic heterocycles. The van der Waals surface area contributed by atoms with Crippen molar-refractivity contribution < 1.29 is 0 Å². The molecule has 1 aliphatic rings. The van der Waals surface area contributed by atoms with Crippen LogP contribution >= 0.6 is 23.5 Å². The summed E-state index contributed by atoms with van der Waals surface area (Å²) in [6.45, 7) is 11.1. The lowest BCUT2D eigenvalue weighted by Crippen LogP contribution is -2.38. The molecule has 0 saturated heterocycles. The first-order valence-corrected chi connectivity index (χ1v) is 8.67. The smallest absolute Gasteiger partial charge is 0.156 e. The van der Waals surface area contributed by atoms with Crippen LogP contribution in [-0.4, -0.2) is 34.5 Å². The maximum absolute atomic E-state index is 4.60. The second kappa shape index (κ2) is 6.93. The Morgan fingerprint density at radius 1 is 1.47 bits per heavy atom. The molecule has 0 amide bonds. The summed E-state index contributed by atoms with van der Waals surface area (Å²) in [6, 6.07) is 0. The Labute approximate surface area is 115 Å². The van der Waals surface area contributed by atoms with Crippen LogP contribution < -0.4 is 5.32 Å². The molecule has 17 heavy (non-hydrogen) atoms. The zero-order valence-electron chi connectivity index (χ0n) is 11.7. The largest absolute Gasteiger partial charge is 0.364 e. The van der Waals surface area contributed by atoms with Crippen molar-refractivity contribution in [2.24, 2.45) is 10.9 Å². The molecule has 0 spiro atoms. The SMILES string of the molecule is CCC(CC)(CNC1=NCC(C(C)C)S1)SC. The van der Waals surface area contributed by atoms with Gasteiger partial charge in [-0.05, 0) is 25.0 Å². The quantitative estimate of drug-likeness (QED) is 0.800. The highest BCUT2D eigenvalue weighted by atomic mass is 32.2. The van der Waals surface area contributed by atoms with Crippen LogP contribution in [0.3, 0.4) is 0 Å². The number of nitrogens with one attached hydrogen (secondary N) is 1. The summed E-state index contributed by atoms with van der Waals surface area (Å²) in [5.74, 6) is 0.714. The van der Waals surface area contributed by atoms with Gasteiger partial charge < -0.3 is 5.32 Å². The Hall–Kier alpha value is 0.170. The first-order valence-electron chi connectivity index (χ1n) is 6.57. The minimum absolute atomic E-state index is 0.374. The van der Waals surface area contributed by atoms with E-state index in [2.05, 4.69) is 44.3 Å². The normalized spacial score (nSPS) is 20.8. The van der Waals surface area contributed by atoms with E-state index in [4.69, 9.17) is 0 Å². The third kappa shape index (κ3) is 4.09. The van der Waals surface area contributed by atoms with Crippen molar-refractivity contribution in [3.63, 3.8) is 0 Å². The van der Waals surface area contributed by atoms with Crippen molar-refractivity contribution in [1.82, 2.24) is 5.32 Å².